The Morgan fingerprint density at radius 2 is 1.61 bits per heavy atom. The van der Waals surface area contributed by atoms with Crippen LogP contribution in [0.1, 0.15) is 10.4 Å². The van der Waals surface area contributed by atoms with Gasteiger partial charge in [-0.05, 0) is 30.3 Å². The second-order valence-electron chi connectivity index (χ2n) is 6.06. The number of hydrogen-bond acceptors (Lipinski definition) is 5. The lowest BCUT2D eigenvalue weighted by atomic mass is 10.0. The molecular formula is C23H17NO4. The van der Waals surface area contributed by atoms with Gasteiger partial charge in [0.15, 0.2) is 5.76 Å². The summed E-state index contributed by atoms with van der Waals surface area (Å²) in [6.07, 6.45) is 0. The first-order valence-corrected chi connectivity index (χ1v) is 8.72. The highest BCUT2D eigenvalue weighted by molar-refractivity contribution is 5.96. The SMILES string of the molecule is COC(=O)c1ccccc1-c1cc(-c2cccc(Oc3ccccc3)c2)no1. The van der Waals surface area contributed by atoms with Gasteiger partial charge in [0.05, 0.1) is 12.7 Å². The Kier molecular flexibility index (Phi) is 4.89. The maximum Gasteiger partial charge on any atom is 0.338 e. The fourth-order valence-corrected chi connectivity index (χ4v) is 2.87. The van der Waals surface area contributed by atoms with E-state index in [0.717, 1.165) is 11.3 Å². The third kappa shape index (κ3) is 3.64. The molecule has 4 aromatic rings. The van der Waals surface area contributed by atoms with E-state index < -0.39 is 5.97 Å². The summed E-state index contributed by atoms with van der Waals surface area (Å²) in [5, 5.41) is 4.15. The second kappa shape index (κ2) is 7.80. The number of aromatic nitrogens is 1. The van der Waals surface area contributed by atoms with Crippen LogP contribution in [0, 0.1) is 0 Å². The van der Waals surface area contributed by atoms with Crippen molar-refractivity contribution in [3.05, 3.63) is 90.5 Å². The van der Waals surface area contributed by atoms with Gasteiger partial charge in [-0.1, -0.05) is 53.7 Å². The predicted octanol–water partition coefficient (Wildman–Crippen LogP) is 5.59. The number of hydrogen-bond donors (Lipinski definition) is 0. The number of benzene rings is 3. The quantitative estimate of drug-likeness (QED) is 0.428. The lowest BCUT2D eigenvalue weighted by Gasteiger charge is -2.06. The normalized spacial score (nSPS) is 10.5. The summed E-state index contributed by atoms with van der Waals surface area (Å²) < 4.78 is 16.2. The van der Waals surface area contributed by atoms with E-state index in [1.54, 1.807) is 24.3 Å². The van der Waals surface area contributed by atoms with Gasteiger partial charge in [0.1, 0.15) is 17.2 Å². The van der Waals surface area contributed by atoms with Crippen molar-refractivity contribution >= 4 is 5.97 Å². The largest absolute Gasteiger partial charge is 0.465 e. The average molecular weight is 371 g/mol. The predicted molar refractivity (Wildman–Crippen MR) is 105 cm³/mol. The summed E-state index contributed by atoms with van der Waals surface area (Å²) in [5.74, 6) is 1.52. The van der Waals surface area contributed by atoms with Crippen LogP contribution in [0.4, 0.5) is 0 Å². The van der Waals surface area contributed by atoms with Crippen LogP contribution in [0.5, 0.6) is 11.5 Å². The molecule has 0 N–H and O–H groups in total. The van der Waals surface area contributed by atoms with Gasteiger partial charge < -0.3 is 14.0 Å². The summed E-state index contributed by atoms with van der Waals surface area (Å²) >= 11 is 0. The zero-order chi connectivity index (χ0) is 19.3. The molecule has 1 aromatic heterocycles. The molecule has 0 fully saturated rings. The van der Waals surface area contributed by atoms with E-state index in [0.29, 0.717) is 28.3 Å². The standard InChI is InChI=1S/C23H17NO4/c1-26-23(25)20-13-6-5-12-19(20)22-15-21(24-28-22)16-8-7-11-18(14-16)27-17-9-3-2-4-10-17/h2-15H,1H3. The molecule has 4 rings (SSSR count). The Balaban J connectivity index is 1.64. The zero-order valence-electron chi connectivity index (χ0n) is 15.2. The molecule has 0 amide bonds. The molecule has 1 heterocycles. The van der Waals surface area contributed by atoms with Crippen molar-refractivity contribution in [2.24, 2.45) is 0 Å². The third-order valence-electron chi connectivity index (χ3n) is 4.22. The van der Waals surface area contributed by atoms with E-state index in [2.05, 4.69) is 5.16 Å². The van der Waals surface area contributed by atoms with E-state index in [1.165, 1.54) is 7.11 Å². The summed E-state index contributed by atoms with van der Waals surface area (Å²) in [6, 6.07) is 26.0. The average Bonchev–Trinajstić information content (AvgIpc) is 3.24. The van der Waals surface area contributed by atoms with Gasteiger partial charge in [-0.15, -0.1) is 0 Å². The van der Waals surface area contributed by atoms with E-state index >= 15 is 0 Å². The number of ether oxygens (including phenoxy) is 2. The van der Waals surface area contributed by atoms with Crippen molar-refractivity contribution in [3.63, 3.8) is 0 Å². The summed E-state index contributed by atoms with van der Waals surface area (Å²) in [7, 11) is 1.35. The van der Waals surface area contributed by atoms with Crippen molar-refractivity contribution in [2.45, 2.75) is 0 Å². The molecule has 0 bridgehead atoms. The monoisotopic (exact) mass is 371 g/mol. The van der Waals surface area contributed by atoms with Gasteiger partial charge in [-0.25, -0.2) is 4.79 Å². The number of nitrogens with zero attached hydrogens (tertiary/aromatic N) is 1. The first-order valence-electron chi connectivity index (χ1n) is 8.72. The molecule has 3 aromatic carbocycles. The van der Waals surface area contributed by atoms with Crippen LogP contribution in [-0.2, 0) is 4.74 Å². The summed E-state index contributed by atoms with van der Waals surface area (Å²) in [4.78, 5) is 12.0. The molecule has 0 saturated heterocycles. The minimum atomic E-state index is -0.424. The lowest BCUT2D eigenvalue weighted by molar-refractivity contribution is 0.0601. The van der Waals surface area contributed by atoms with E-state index in [9.17, 15) is 4.79 Å². The fraction of sp³-hybridized carbons (Fsp3) is 0.0435. The topological polar surface area (TPSA) is 61.6 Å². The van der Waals surface area contributed by atoms with Gasteiger partial charge in [0, 0.05) is 17.2 Å². The van der Waals surface area contributed by atoms with Crippen molar-refractivity contribution in [2.75, 3.05) is 7.11 Å². The van der Waals surface area contributed by atoms with Crippen LogP contribution >= 0.6 is 0 Å². The van der Waals surface area contributed by atoms with Gasteiger partial charge in [-0.3, -0.25) is 0 Å². The molecule has 138 valence electrons. The summed E-state index contributed by atoms with van der Waals surface area (Å²) in [5.41, 5.74) is 2.55. The van der Waals surface area contributed by atoms with Crippen LogP contribution in [0.2, 0.25) is 0 Å². The van der Waals surface area contributed by atoms with Crippen LogP contribution in [0.3, 0.4) is 0 Å². The van der Waals surface area contributed by atoms with Crippen molar-refractivity contribution < 1.29 is 18.8 Å². The number of carbonyl (C=O) groups is 1. The van der Waals surface area contributed by atoms with Gasteiger partial charge in [0.2, 0.25) is 0 Å². The van der Waals surface area contributed by atoms with E-state index in [-0.39, 0.29) is 0 Å². The molecule has 0 atom stereocenters. The maximum atomic E-state index is 12.0. The number of esters is 1. The van der Waals surface area contributed by atoms with Crippen LogP contribution < -0.4 is 4.74 Å². The smallest absolute Gasteiger partial charge is 0.338 e. The number of methoxy groups -OCH3 is 1. The molecule has 0 spiro atoms. The molecule has 0 radical (unpaired) electrons. The van der Waals surface area contributed by atoms with Crippen molar-refractivity contribution in [1.29, 1.82) is 0 Å². The fourth-order valence-electron chi connectivity index (χ4n) is 2.87. The Hall–Kier alpha value is -3.86. The number of carbonyl (C=O) groups excluding carboxylic acids is 1. The first kappa shape index (κ1) is 17.5. The Bertz CT molecular complexity index is 1100. The molecule has 0 aliphatic rings. The van der Waals surface area contributed by atoms with Crippen molar-refractivity contribution in [3.8, 4) is 34.1 Å². The van der Waals surface area contributed by atoms with E-state index in [4.69, 9.17) is 14.0 Å². The van der Waals surface area contributed by atoms with Crippen LogP contribution in [-0.4, -0.2) is 18.2 Å². The molecule has 0 unspecified atom stereocenters. The molecular weight excluding hydrogens is 354 g/mol. The van der Waals surface area contributed by atoms with Gasteiger partial charge in [0.25, 0.3) is 0 Å². The number of para-hydroxylation sites is 1. The summed E-state index contributed by atoms with van der Waals surface area (Å²) in [6.45, 7) is 0. The third-order valence-corrected chi connectivity index (χ3v) is 4.22. The van der Waals surface area contributed by atoms with E-state index in [1.807, 2.05) is 60.7 Å². The minimum Gasteiger partial charge on any atom is -0.465 e. The lowest BCUT2D eigenvalue weighted by Crippen LogP contribution is -2.02. The van der Waals surface area contributed by atoms with Crippen molar-refractivity contribution in [1.82, 2.24) is 5.16 Å². The maximum absolute atomic E-state index is 12.0. The first-order chi connectivity index (χ1) is 13.7. The van der Waals surface area contributed by atoms with Crippen LogP contribution in [0.15, 0.2) is 89.5 Å². The Labute approximate surface area is 162 Å². The molecule has 28 heavy (non-hydrogen) atoms. The highest BCUT2D eigenvalue weighted by Gasteiger charge is 2.17. The highest BCUT2D eigenvalue weighted by Crippen LogP contribution is 2.31. The molecule has 5 nitrogen and oxygen atoms in total. The van der Waals surface area contributed by atoms with Gasteiger partial charge >= 0.3 is 5.97 Å². The molecule has 0 saturated carbocycles. The molecule has 5 heteroatoms. The second-order valence-corrected chi connectivity index (χ2v) is 6.06. The zero-order valence-corrected chi connectivity index (χ0v) is 15.2. The molecule has 0 aliphatic carbocycles. The van der Waals surface area contributed by atoms with Gasteiger partial charge in [-0.2, -0.15) is 0 Å². The Morgan fingerprint density at radius 1 is 0.857 bits per heavy atom. The molecule has 0 aliphatic heterocycles. The number of rotatable bonds is 5. The highest BCUT2D eigenvalue weighted by atomic mass is 16.5. The van der Waals surface area contributed by atoms with Crippen LogP contribution in [0.25, 0.3) is 22.6 Å². The minimum absolute atomic E-state index is 0.424. The Morgan fingerprint density at radius 3 is 2.43 bits per heavy atom.